The molecule has 124 valence electrons. The summed E-state index contributed by atoms with van der Waals surface area (Å²) in [5, 5.41) is 2.65. The van der Waals surface area contributed by atoms with Crippen molar-refractivity contribution in [2.24, 2.45) is 5.18 Å². The fourth-order valence-electron chi connectivity index (χ4n) is 1.47. The Bertz CT molecular complexity index is 448. The van der Waals surface area contributed by atoms with Gasteiger partial charge in [0.2, 0.25) is 6.10 Å². The monoisotopic (exact) mass is 319 g/mol. The number of nitrogens with zero attached hydrogens (tertiary/aromatic N) is 1. The molecule has 0 aromatic rings. The molecule has 0 fully saturated rings. The van der Waals surface area contributed by atoms with Gasteiger partial charge in [0.15, 0.2) is 12.1 Å². The zero-order valence-electron chi connectivity index (χ0n) is 12.6. The highest BCUT2D eigenvalue weighted by Gasteiger charge is 2.42. The molecule has 10 heteroatoms. The van der Waals surface area contributed by atoms with Gasteiger partial charge >= 0.3 is 23.9 Å². The van der Waals surface area contributed by atoms with Gasteiger partial charge in [-0.3, -0.25) is 14.4 Å². The fourth-order valence-corrected chi connectivity index (χ4v) is 1.47. The van der Waals surface area contributed by atoms with Crippen molar-refractivity contribution in [2.75, 3.05) is 13.7 Å². The highest BCUT2D eigenvalue weighted by molar-refractivity contribution is 5.80. The van der Waals surface area contributed by atoms with E-state index in [-0.39, 0.29) is 0 Å². The lowest BCUT2D eigenvalue weighted by Gasteiger charge is -2.26. The molecule has 0 saturated heterocycles. The number of hydrogen-bond acceptors (Lipinski definition) is 10. The third-order valence-corrected chi connectivity index (χ3v) is 2.30. The van der Waals surface area contributed by atoms with Gasteiger partial charge in [0, 0.05) is 20.8 Å². The van der Waals surface area contributed by atoms with Crippen LogP contribution in [0.4, 0.5) is 0 Å². The lowest BCUT2D eigenvalue weighted by molar-refractivity contribution is -0.182. The lowest BCUT2D eigenvalue weighted by Crippen LogP contribution is -2.48. The summed E-state index contributed by atoms with van der Waals surface area (Å²) in [6.45, 7) is 2.55. The summed E-state index contributed by atoms with van der Waals surface area (Å²) < 4.78 is 18.6. The van der Waals surface area contributed by atoms with Crippen molar-refractivity contribution in [3.8, 4) is 0 Å². The molecule has 10 nitrogen and oxygen atoms in total. The van der Waals surface area contributed by atoms with Crippen LogP contribution in [0.5, 0.6) is 0 Å². The molecule has 0 heterocycles. The van der Waals surface area contributed by atoms with E-state index in [2.05, 4.69) is 14.7 Å². The summed E-state index contributed by atoms with van der Waals surface area (Å²) in [5.41, 5.74) is 0. The Kier molecular flexibility index (Phi) is 8.34. The van der Waals surface area contributed by atoms with E-state index in [4.69, 9.17) is 9.47 Å². The van der Waals surface area contributed by atoms with Crippen molar-refractivity contribution in [3.05, 3.63) is 4.91 Å². The summed E-state index contributed by atoms with van der Waals surface area (Å²) in [4.78, 5) is 55.6. The van der Waals surface area contributed by atoms with Gasteiger partial charge in [-0.1, -0.05) is 5.18 Å². The number of ether oxygens (including phenoxy) is 4. The Morgan fingerprint density at radius 2 is 1.50 bits per heavy atom. The van der Waals surface area contributed by atoms with Crippen LogP contribution in [-0.2, 0) is 38.1 Å². The van der Waals surface area contributed by atoms with E-state index in [1.54, 1.807) is 0 Å². The number of carbonyl (C=O) groups is 4. The van der Waals surface area contributed by atoms with Crippen LogP contribution in [0.25, 0.3) is 0 Å². The number of carbonyl (C=O) groups excluding carboxylic acids is 4. The van der Waals surface area contributed by atoms with Gasteiger partial charge in [-0.15, -0.1) is 0 Å². The molecule has 0 aliphatic carbocycles. The summed E-state index contributed by atoms with van der Waals surface area (Å²) >= 11 is 0. The highest BCUT2D eigenvalue weighted by atomic mass is 16.6. The van der Waals surface area contributed by atoms with Crippen molar-refractivity contribution >= 4 is 23.9 Å². The molecule has 0 aromatic heterocycles. The Morgan fingerprint density at radius 3 is 1.86 bits per heavy atom. The van der Waals surface area contributed by atoms with Crippen LogP contribution in [0.2, 0.25) is 0 Å². The number of hydrogen-bond donors (Lipinski definition) is 0. The van der Waals surface area contributed by atoms with Crippen LogP contribution >= 0.6 is 0 Å². The molecule has 0 aliphatic heterocycles. The van der Waals surface area contributed by atoms with Crippen LogP contribution in [-0.4, -0.2) is 55.8 Å². The van der Waals surface area contributed by atoms with Crippen molar-refractivity contribution in [1.29, 1.82) is 0 Å². The highest BCUT2D eigenvalue weighted by Crippen LogP contribution is 2.15. The first-order chi connectivity index (χ1) is 10.2. The van der Waals surface area contributed by atoms with E-state index in [0.717, 1.165) is 27.9 Å². The largest absolute Gasteiger partial charge is 0.466 e. The first-order valence-electron chi connectivity index (χ1n) is 6.11. The second-order valence-electron chi connectivity index (χ2n) is 4.10. The van der Waals surface area contributed by atoms with Gasteiger partial charge in [0.05, 0.1) is 7.11 Å². The molecule has 0 aliphatic rings. The third kappa shape index (κ3) is 6.77. The first kappa shape index (κ1) is 19.5. The molecule has 1 unspecified atom stereocenters. The first-order valence-corrected chi connectivity index (χ1v) is 6.11. The zero-order valence-corrected chi connectivity index (χ0v) is 12.6. The second-order valence-corrected chi connectivity index (χ2v) is 4.10. The normalized spacial score (nSPS) is 14.0. The predicted octanol–water partition coefficient (Wildman–Crippen LogP) is -0.279. The van der Waals surface area contributed by atoms with Gasteiger partial charge in [0.25, 0.3) is 0 Å². The maximum Gasteiger partial charge on any atom is 0.351 e. The van der Waals surface area contributed by atoms with E-state index in [9.17, 15) is 24.1 Å². The van der Waals surface area contributed by atoms with Crippen LogP contribution in [0.3, 0.4) is 0 Å². The number of esters is 4. The average Bonchev–Trinajstić information content (AvgIpc) is 2.42. The average molecular weight is 319 g/mol. The minimum Gasteiger partial charge on any atom is -0.466 e. The standard InChI is InChI=1S/C12H17NO9/c1-6(14)20-5-9(13-18)10(21-7(2)15)11(12(17)19-4)22-8(3)16/h9-11H,5H2,1-4H3/t9?,10-,11-/m1/s1. The van der Waals surface area contributed by atoms with E-state index in [1.807, 2.05) is 0 Å². The molecule has 0 N–H and O–H groups in total. The third-order valence-electron chi connectivity index (χ3n) is 2.30. The van der Waals surface area contributed by atoms with Crippen LogP contribution in [0.1, 0.15) is 20.8 Å². The van der Waals surface area contributed by atoms with Crippen molar-refractivity contribution in [2.45, 2.75) is 39.0 Å². The van der Waals surface area contributed by atoms with Gasteiger partial charge in [-0.05, 0) is 0 Å². The summed E-state index contributed by atoms with van der Waals surface area (Å²) in [6.07, 6.45) is -3.31. The minimum atomic E-state index is -1.72. The van der Waals surface area contributed by atoms with Crippen molar-refractivity contribution in [1.82, 2.24) is 0 Å². The lowest BCUT2D eigenvalue weighted by atomic mass is 10.1. The molecular formula is C12H17NO9. The smallest absolute Gasteiger partial charge is 0.351 e. The minimum absolute atomic E-state index is 0.564. The van der Waals surface area contributed by atoms with Crippen LogP contribution < -0.4 is 0 Å². The predicted molar refractivity (Wildman–Crippen MR) is 69.3 cm³/mol. The second kappa shape index (κ2) is 9.42. The Hall–Kier alpha value is -2.52. The Labute approximate surface area is 126 Å². The van der Waals surface area contributed by atoms with Crippen LogP contribution in [0.15, 0.2) is 5.18 Å². The maximum atomic E-state index is 11.7. The molecule has 22 heavy (non-hydrogen) atoms. The maximum absolute atomic E-state index is 11.7. The molecular weight excluding hydrogens is 302 g/mol. The molecule has 0 saturated carbocycles. The SMILES string of the molecule is COC(=O)[C@H](OC(C)=O)[C@H](OC(C)=O)C(COC(C)=O)N=O. The Balaban J connectivity index is 5.43. The summed E-state index contributed by atoms with van der Waals surface area (Å²) in [6, 6.07) is -1.46. The Morgan fingerprint density at radius 1 is 0.955 bits per heavy atom. The molecule has 0 radical (unpaired) electrons. The summed E-state index contributed by atoms with van der Waals surface area (Å²) in [7, 11) is 1.01. The van der Waals surface area contributed by atoms with Gasteiger partial charge < -0.3 is 18.9 Å². The number of methoxy groups -OCH3 is 1. The molecule has 0 amide bonds. The van der Waals surface area contributed by atoms with E-state index >= 15 is 0 Å². The molecule has 0 aromatic carbocycles. The molecule has 0 bridgehead atoms. The van der Waals surface area contributed by atoms with Crippen LogP contribution in [0, 0.1) is 4.91 Å². The van der Waals surface area contributed by atoms with Gasteiger partial charge in [-0.25, -0.2) is 4.79 Å². The summed E-state index contributed by atoms with van der Waals surface area (Å²) in [5.74, 6) is -3.50. The zero-order chi connectivity index (χ0) is 17.3. The molecule has 0 spiro atoms. The molecule has 0 rings (SSSR count). The molecule has 3 atom stereocenters. The van der Waals surface area contributed by atoms with E-state index in [0.29, 0.717) is 0 Å². The van der Waals surface area contributed by atoms with Crippen molar-refractivity contribution < 1.29 is 38.1 Å². The van der Waals surface area contributed by atoms with E-state index < -0.39 is 48.7 Å². The van der Waals surface area contributed by atoms with Gasteiger partial charge in [-0.2, -0.15) is 4.91 Å². The number of nitroso groups, excluding NO2 is 1. The van der Waals surface area contributed by atoms with E-state index in [1.165, 1.54) is 0 Å². The topological polar surface area (TPSA) is 135 Å². The van der Waals surface area contributed by atoms with Gasteiger partial charge in [0.1, 0.15) is 6.61 Å². The van der Waals surface area contributed by atoms with Crippen molar-refractivity contribution in [3.63, 3.8) is 0 Å². The quantitative estimate of drug-likeness (QED) is 0.336. The number of rotatable bonds is 8. The fraction of sp³-hybridized carbons (Fsp3) is 0.667.